The highest BCUT2D eigenvalue weighted by atomic mass is 16.7. The summed E-state index contributed by atoms with van der Waals surface area (Å²) in [5.41, 5.74) is -1.68. The summed E-state index contributed by atoms with van der Waals surface area (Å²) in [6.07, 6.45) is -1.14. The first kappa shape index (κ1) is 21.5. The minimum Gasteiger partial charge on any atom is -0.504 e. The molecule has 0 aliphatic heterocycles. The molecule has 0 spiro atoms. The second-order valence-electron chi connectivity index (χ2n) is 6.76. The monoisotopic (exact) mass is 371 g/mol. The molecule has 1 aromatic carbocycles. The number of ether oxygens (including phenoxy) is 1. The predicted molar refractivity (Wildman–Crippen MR) is 91.2 cm³/mol. The molecule has 0 amide bonds. The molecule has 1 aromatic rings. The van der Waals surface area contributed by atoms with E-state index < -0.39 is 35.1 Å². The largest absolute Gasteiger partial charge is 0.511 e. The number of aromatic hydroxyl groups is 2. The third-order valence-corrected chi connectivity index (χ3v) is 3.82. The van der Waals surface area contributed by atoms with Crippen LogP contribution < -0.4 is 10.1 Å². The minimum atomic E-state index is -1.73. The Morgan fingerprint density at radius 1 is 1.23 bits per heavy atom. The van der Waals surface area contributed by atoms with Crippen LogP contribution in [0.4, 0.5) is 4.79 Å². The van der Waals surface area contributed by atoms with Gasteiger partial charge in [0, 0.05) is 18.5 Å². The molecule has 146 valence electrons. The van der Waals surface area contributed by atoms with Gasteiger partial charge < -0.3 is 30.3 Å². The first-order chi connectivity index (χ1) is 11.9. The predicted octanol–water partition coefficient (Wildman–Crippen LogP) is 2.05. The van der Waals surface area contributed by atoms with Crippen LogP contribution in [0.2, 0.25) is 0 Å². The van der Waals surface area contributed by atoms with E-state index in [2.05, 4.69) is 10.1 Å². The lowest BCUT2D eigenvalue weighted by Gasteiger charge is -2.29. The van der Waals surface area contributed by atoms with E-state index in [1.807, 2.05) is 13.8 Å². The van der Waals surface area contributed by atoms with Crippen molar-refractivity contribution in [3.8, 4) is 17.2 Å². The van der Waals surface area contributed by atoms with E-state index in [1.165, 1.54) is 6.92 Å². The van der Waals surface area contributed by atoms with Crippen molar-refractivity contribution in [3.05, 3.63) is 17.7 Å². The molecule has 9 heteroatoms. The number of benzene rings is 1. The fourth-order valence-electron chi connectivity index (χ4n) is 2.64. The Hall–Kier alpha value is -2.52. The first-order valence-electron chi connectivity index (χ1n) is 8.08. The molecule has 0 aromatic heterocycles. The Balaban J connectivity index is 2.99. The van der Waals surface area contributed by atoms with Crippen molar-refractivity contribution >= 4 is 12.1 Å². The fraction of sp³-hybridized carbons (Fsp3) is 0.529. The quantitative estimate of drug-likeness (QED) is 0.165. The normalized spacial score (nSPS) is 14.7. The molecule has 9 nitrogen and oxygen atoms in total. The molecule has 0 saturated heterocycles. The summed E-state index contributed by atoms with van der Waals surface area (Å²) in [6, 6.07) is 2.14. The summed E-state index contributed by atoms with van der Waals surface area (Å²) in [4.78, 5) is 21.7. The lowest BCUT2D eigenvalue weighted by molar-refractivity contribution is -0.138. The maximum atomic E-state index is 11.0. The molecule has 1 unspecified atom stereocenters. The van der Waals surface area contributed by atoms with Crippen molar-refractivity contribution in [3.63, 3.8) is 0 Å². The average Bonchev–Trinajstić information content (AvgIpc) is 2.47. The summed E-state index contributed by atoms with van der Waals surface area (Å²) in [5.74, 6) is -2.88. The van der Waals surface area contributed by atoms with Crippen LogP contribution in [0.15, 0.2) is 12.1 Å². The highest BCUT2D eigenvalue weighted by molar-refractivity contribution is 5.67. The van der Waals surface area contributed by atoms with Gasteiger partial charge in [0.1, 0.15) is 5.72 Å². The van der Waals surface area contributed by atoms with Gasteiger partial charge in [0.05, 0.1) is 0 Å². The number of phenols is 2. The second kappa shape index (κ2) is 8.72. The number of hydrogen-bond acceptors (Lipinski definition) is 7. The zero-order valence-electron chi connectivity index (χ0n) is 14.9. The molecule has 2 atom stereocenters. The topological polar surface area (TPSA) is 157 Å². The molecule has 0 radical (unpaired) electrons. The lowest BCUT2D eigenvalue weighted by Crippen LogP contribution is -2.42. The number of carbonyl (C=O) groups is 2. The van der Waals surface area contributed by atoms with E-state index in [1.54, 1.807) is 0 Å². The van der Waals surface area contributed by atoms with Crippen LogP contribution in [0.1, 0.15) is 39.2 Å². The van der Waals surface area contributed by atoms with Gasteiger partial charge in [-0.05, 0) is 37.3 Å². The fourth-order valence-corrected chi connectivity index (χ4v) is 2.64. The number of rotatable bonds is 9. The Morgan fingerprint density at radius 3 is 2.35 bits per heavy atom. The Morgan fingerprint density at radius 2 is 1.85 bits per heavy atom. The zero-order valence-corrected chi connectivity index (χ0v) is 14.9. The molecule has 1 rings (SSSR count). The standard InChI is InChI=1S/C17H25NO8/c1-9(2)4-10(5-14(20)21)8-18-17(3,25)11-6-12(19)15(22)13(7-11)26-16(23)24/h6-7,9-10,18-19,22,25H,4-5,8H2,1-3H3,(H,20,21)(H,23,24)/t10-,17?/m0/s1. The van der Waals surface area contributed by atoms with Gasteiger partial charge >= 0.3 is 12.1 Å². The van der Waals surface area contributed by atoms with Crippen molar-refractivity contribution in [1.82, 2.24) is 5.32 Å². The molecule has 26 heavy (non-hydrogen) atoms. The van der Waals surface area contributed by atoms with Gasteiger partial charge in [0.15, 0.2) is 11.5 Å². The first-order valence-corrected chi connectivity index (χ1v) is 8.08. The van der Waals surface area contributed by atoms with Gasteiger partial charge in [-0.2, -0.15) is 0 Å². The van der Waals surface area contributed by atoms with E-state index in [0.29, 0.717) is 6.42 Å². The van der Waals surface area contributed by atoms with Crippen LogP contribution in [-0.2, 0) is 10.5 Å². The van der Waals surface area contributed by atoms with E-state index in [9.17, 15) is 24.9 Å². The van der Waals surface area contributed by atoms with Crippen molar-refractivity contribution in [1.29, 1.82) is 0 Å². The molecular weight excluding hydrogens is 346 g/mol. The van der Waals surface area contributed by atoms with Crippen LogP contribution in [0, 0.1) is 11.8 Å². The van der Waals surface area contributed by atoms with E-state index in [0.717, 1.165) is 12.1 Å². The van der Waals surface area contributed by atoms with Crippen LogP contribution in [0.25, 0.3) is 0 Å². The molecule has 0 saturated carbocycles. The number of hydrogen-bond donors (Lipinski definition) is 6. The molecule has 0 aliphatic rings. The van der Waals surface area contributed by atoms with Crippen LogP contribution in [0.3, 0.4) is 0 Å². The summed E-state index contributed by atoms with van der Waals surface area (Å²) in [6.45, 7) is 5.45. The lowest BCUT2D eigenvalue weighted by atomic mass is 9.93. The van der Waals surface area contributed by atoms with Gasteiger partial charge in [0.25, 0.3) is 0 Å². The second-order valence-corrected chi connectivity index (χ2v) is 6.76. The van der Waals surface area contributed by atoms with Gasteiger partial charge in [-0.15, -0.1) is 0 Å². The van der Waals surface area contributed by atoms with Gasteiger partial charge in [-0.3, -0.25) is 10.1 Å². The van der Waals surface area contributed by atoms with E-state index >= 15 is 0 Å². The van der Waals surface area contributed by atoms with Crippen LogP contribution in [0.5, 0.6) is 17.2 Å². The minimum absolute atomic E-state index is 0.0441. The van der Waals surface area contributed by atoms with Crippen LogP contribution >= 0.6 is 0 Å². The smallest absolute Gasteiger partial charge is 0.504 e. The number of phenolic OH excluding ortho intramolecular Hbond substituents is 2. The summed E-state index contributed by atoms with van der Waals surface area (Å²) in [5, 5.41) is 50.5. The van der Waals surface area contributed by atoms with Crippen LogP contribution in [-0.4, -0.2) is 44.2 Å². The maximum Gasteiger partial charge on any atom is 0.511 e. The molecule has 0 aliphatic carbocycles. The highest BCUT2D eigenvalue weighted by Gasteiger charge is 2.28. The number of carboxylic acids is 1. The van der Waals surface area contributed by atoms with Gasteiger partial charge in [-0.1, -0.05) is 13.8 Å². The van der Waals surface area contributed by atoms with Crippen molar-refractivity contribution < 1.29 is 39.9 Å². The molecule has 6 N–H and O–H groups in total. The highest BCUT2D eigenvalue weighted by Crippen LogP contribution is 2.39. The maximum absolute atomic E-state index is 11.0. The SMILES string of the molecule is CC(C)C[C@H](CNC(C)(O)c1cc(O)c(O)c(OC(=O)O)c1)CC(=O)O. The molecule has 0 bridgehead atoms. The molecular formula is C17H25NO8. The Kier molecular flexibility index (Phi) is 7.22. The van der Waals surface area contributed by atoms with Gasteiger partial charge in [-0.25, -0.2) is 4.79 Å². The van der Waals surface area contributed by atoms with Gasteiger partial charge in [0.2, 0.25) is 5.75 Å². The molecule has 0 heterocycles. The van der Waals surface area contributed by atoms with E-state index in [-0.39, 0.29) is 30.4 Å². The van der Waals surface area contributed by atoms with Crippen molar-refractivity contribution in [2.45, 2.75) is 39.3 Å². The third-order valence-electron chi connectivity index (χ3n) is 3.82. The number of aliphatic hydroxyl groups is 1. The van der Waals surface area contributed by atoms with Crippen molar-refractivity contribution in [2.75, 3.05) is 6.54 Å². The van der Waals surface area contributed by atoms with E-state index in [4.69, 9.17) is 10.2 Å². The summed E-state index contributed by atoms with van der Waals surface area (Å²) < 4.78 is 4.38. The Labute approximate surface area is 150 Å². The average molecular weight is 371 g/mol. The Bertz CT molecular complexity index is 656. The number of carboxylic acid groups (broad SMARTS) is 2. The summed E-state index contributed by atoms with van der Waals surface area (Å²) in [7, 11) is 0. The number of nitrogens with one attached hydrogen (secondary N) is 1. The molecule has 0 fully saturated rings. The van der Waals surface area contributed by atoms with Crippen molar-refractivity contribution in [2.24, 2.45) is 11.8 Å². The number of aliphatic carboxylic acids is 1. The summed E-state index contributed by atoms with van der Waals surface area (Å²) >= 11 is 0. The zero-order chi connectivity index (χ0) is 20.1. The third kappa shape index (κ3) is 6.41.